The second-order valence-electron chi connectivity index (χ2n) is 5.38. The van der Waals surface area contributed by atoms with Gasteiger partial charge in [0.1, 0.15) is 11.4 Å². The molecular formula is C16H17Cl2N3O3. The summed E-state index contributed by atoms with van der Waals surface area (Å²) in [7, 11) is 0. The van der Waals surface area contributed by atoms with Crippen LogP contribution in [0.1, 0.15) is 19.5 Å². The molecule has 0 fully saturated rings. The van der Waals surface area contributed by atoms with Crippen molar-refractivity contribution in [2.45, 2.75) is 33.4 Å². The largest absolute Gasteiger partial charge is 0.489 e. The molecule has 0 atom stereocenters. The van der Waals surface area contributed by atoms with E-state index in [1.165, 1.54) is 25.1 Å². The van der Waals surface area contributed by atoms with Crippen molar-refractivity contribution in [3.05, 3.63) is 61.4 Å². The molecule has 2 aromatic rings. The number of aromatic nitrogens is 3. The summed E-state index contributed by atoms with van der Waals surface area (Å²) in [6.45, 7) is 8.85. The van der Waals surface area contributed by atoms with Crippen LogP contribution in [0.3, 0.4) is 0 Å². The summed E-state index contributed by atoms with van der Waals surface area (Å²) in [5.41, 5.74) is -0.651. The Balaban J connectivity index is 2.75. The molecule has 0 N–H and O–H groups in total. The summed E-state index contributed by atoms with van der Waals surface area (Å²) in [6.07, 6.45) is 1.35. The molecule has 6 nitrogen and oxygen atoms in total. The third-order valence-corrected chi connectivity index (χ3v) is 3.72. The maximum absolute atomic E-state index is 12.6. The van der Waals surface area contributed by atoms with Gasteiger partial charge in [-0.3, -0.25) is 9.36 Å². The summed E-state index contributed by atoms with van der Waals surface area (Å²) < 4.78 is 7.71. The van der Waals surface area contributed by atoms with Crippen molar-refractivity contribution in [1.82, 2.24) is 14.3 Å². The van der Waals surface area contributed by atoms with Gasteiger partial charge in [0.25, 0.3) is 5.56 Å². The summed E-state index contributed by atoms with van der Waals surface area (Å²) in [5.74, 6) is 0.374. The Bertz CT molecular complexity index is 901. The predicted molar refractivity (Wildman–Crippen MR) is 94.8 cm³/mol. The van der Waals surface area contributed by atoms with Gasteiger partial charge < -0.3 is 4.74 Å². The highest BCUT2D eigenvalue weighted by Gasteiger charge is 2.16. The number of halogens is 2. The fraction of sp³-hybridized carbons (Fsp3) is 0.312. The Morgan fingerprint density at radius 2 is 1.96 bits per heavy atom. The zero-order valence-electron chi connectivity index (χ0n) is 13.5. The van der Waals surface area contributed by atoms with Crippen molar-refractivity contribution < 1.29 is 4.74 Å². The van der Waals surface area contributed by atoms with E-state index in [4.69, 9.17) is 27.9 Å². The molecule has 0 aliphatic heterocycles. The molecule has 0 radical (unpaired) electrons. The van der Waals surface area contributed by atoms with Crippen LogP contribution in [0.4, 0.5) is 0 Å². The molecule has 0 amide bonds. The van der Waals surface area contributed by atoms with Crippen molar-refractivity contribution in [2.75, 3.05) is 0 Å². The average Bonchev–Trinajstić information content (AvgIpc) is 2.50. The van der Waals surface area contributed by atoms with Crippen LogP contribution in [0.2, 0.25) is 10.0 Å². The Labute approximate surface area is 148 Å². The lowest BCUT2D eigenvalue weighted by molar-refractivity contribution is 0.242. The standard InChI is InChI=1S/C16H17Cl2N3O3/c1-5-6-20-15(22)10(4)19-21(16(20)23)13-8-14(24-9(2)3)12(18)7-11(13)17/h5,7-9H,1,6H2,2-4H3. The van der Waals surface area contributed by atoms with Crippen LogP contribution in [0.25, 0.3) is 5.69 Å². The van der Waals surface area contributed by atoms with E-state index in [-0.39, 0.29) is 29.1 Å². The van der Waals surface area contributed by atoms with Crippen molar-refractivity contribution in [1.29, 1.82) is 0 Å². The van der Waals surface area contributed by atoms with Gasteiger partial charge in [-0.2, -0.15) is 9.78 Å². The number of rotatable bonds is 5. The minimum Gasteiger partial charge on any atom is -0.489 e. The Morgan fingerprint density at radius 1 is 1.29 bits per heavy atom. The molecule has 0 bridgehead atoms. The molecule has 2 rings (SSSR count). The number of allylic oxidation sites excluding steroid dienone is 1. The molecule has 0 unspecified atom stereocenters. The Morgan fingerprint density at radius 3 is 2.54 bits per heavy atom. The van der Waals surface area contributed by atoms with E-state index in [0.717, 1.165) is 9.25 Å². The normalized spacial score (nSPS) is 10.9. The van der Waals surface area contributed by atoms with Crippen LogP contribution in [-0.2, 0) is 6.54 Å². The van der Waals surface area contributed by atoms with E-state index in [1.54, 1.807) is 0 Å². The molecule has 0 aliphatic carbocycles. The first-order valence-electron chi connectivity index (χ1n) is 7.24. The molecule has 128 valence electrons. The highest BCUT2D eigenvalue weighted by atomic mass is 35.5. The average molecular weight is 370 g/mol. The van der Waals surface area contributed by atoms with Gasteiger partial charge in [0.05, 0.1) is 21.8 Å². The van der Waals surface area contributed by atoms with E-state index in [1.807, 2.05) is 13.8 Å². The van der Waals surface area contributed by atoms with E-state index in [0.29, 0.717) is 10.8 Å². The van der Waals surface area contributed by atoms with Crippen LogP contribution in [0.5, 0.6) is 5.75 Å². The summed E-state index contributed by atoms with van der Waals surface area (Å²) in [4.78, 5) is 24.7. The second-order valence-corrected chi connectivity index (χ2v) is 6.20. The number of aryl methyl sites for hydroxylation is 1. The second kappa shape index (κ2) is 7.23. The first-order chi connectivity index (χ1) is 11.3. The number of benzene rings is 1. The molecule has 0 saturated heterocycles. The van der Waals surface area contributed by atoms with Crippen LogP contribution in [-0.4, -0.2) is 20.5 Å². The van der Waals surface area contributed by atoms with Crippen molar-refractivity contribution in [3.63, 3.8) is 0 Å². The SMILES string of the molecule is C=CCn1c(=O)c(C)nn(-c2cc(OC(C)C)c(Cl)cc2Cl)c1=O. The minimum absolute atomic E-state index is 0.0710. The minimum atomic E-state index is -0.620. The van der Waals surface area contributed by atoms with Gasteiger partial charge in [-0.05, 0) is 26.8 Å². The zero-order valence-corrected chi connectivity index (χ0v) is 15.1. The molecule has 0 saturated carbocycles. The molecule has 0 aliphatic rings. The number of ether oxygens (including phenoxy) is 1. The van der Waals surface area contributed by atoms with Gasteiger partial charge in [-0.1, -0.05) is 29.3 Å². The first-order valence-corrected chi connectivity index (χ1v) is 7.99. The summed E-state index contributed by atoms with van der Waals surface area (Å²) in [6, 6.07) is 3.00. The third-order valence-electron chi connectivity index (χ3n) is 3.12. The fourth-order valence-corrected chi connectivity index (χ4v) is 2.61. The first kappa shape index (κ1) is 18.3. The van der Waals surface area contributed by atoms with Crippen LogP contribution in [0.15, 0.2) is 34.4 Å². The molecule has 0 spiro atoms. The molecule has 24 heavy (non-hydrogen) atoms. The van der Waals surface area contributed by atoms with Gasteiger partial charge in [0.2, 0.25) is 0 Å². The Kier molecular flexibility index (Phi) is 5.51. The third kappa shape index (κ3) is 3.55. The monoisotopic (exact) mass is 369 g/mol. The molecular weight excluding hydrogens is 353 g/mol. The van der Waals surface area contributed by atoms with Gasteiger partial charge in [0, 0.05) is 12.6 Å². The van der Waals surface area contributed by atoms with Gasteiger partial charge in [-0.15, -0.1) is 6.58 Å². The molecule has 8 heteroatoms. The van der Waals surface area contributed by atoms with Gasteiger partial charge >= 0.3 is 5.69 Å². The van der Waals surface area contributed by atoms with Crippen LogP contribution >= 0.6 is 23.2 Å². The molecule has 1 aromatic heterocycles. The maximum Gasteiger partial charge on any atom is 0.352 e. The lowest BCUT2D eigenvalue weighted by Crippen LogP contribution is -2.42. The lowest BCUT2D eigenvalue weighted by atomic mass is 10.3. The van der Waals surface area contributed by atoms with Gasteiger partial charge in [0.15, 0.2) is 0 Å². The van der Waals surface area contributed by atoms with Crippen LogP contribution < -0.4 is 16.0 Å². The van der Waals surface area contributed by atoms with Gasteiger partial charge in [-0.25, -0.2) is 4.79 Å². The quantitative estimate of drug-likeness (QED) is 0.759. The van der Waals surface area contributed by atoms with E-state index in [2.05, 4.69) is 11.7 Å². The molecule has 1 aromatic carbocycles. The van der Waals surface area contributed by atoms with E-state index >= 15 is 0 Å². The number of hydrogen-bond acceptors (Lipinski definition) is 4. The molecule has 1 heterocycles. The van der Waals surface area contributed by atoms with Crippen molar-refractivity contribution in [2.24, 2.45) is 0 Å². The highest BCUT2D eigenvalue weighted by Crippen LogP contribution is 2.33. The summed E-state index contributed by atoms with van der Waals surface area (Å²) >= 11 is 12.3. The van der Waals surface area contributed by atoms with Crippen molar-refractivity contribution in [3.8, 4) is 11.4 Å². The highest BCUT2D eigenvalue weighted by molar-refractivity contribution is 6.36. The summed E-state index contributed by atoms with van der Waals surface area (Å²) in [5, 5.41) is 4.59. The number of nitrogens with zero attached hydrogens (tertiary/aromatic N) is 3. The lowest BCUT2D eigenvalue weighted by Gasteiger charge is -2.15. The van der Waals surface area contributed by atoms with Crippen molar-refractivity contribution >= 4 is 23.2 Å². The number of hydrogen-bond donors (Lipinski definition) is 0. The van der Waals surface area contributed by atoms with Crippen LogP contribution in [0, 0.1) is 6.92 Å². The smallest absolute Gasteiger partial charge is 0.352 e. The fourth-order valence-electron chi connectivity index (χ4n) is 2.10. The van der Waals surface area contributed by atoms with E-state index < -0.39 is 11.2 Å². The zero-order chi connectivity index (χ0) is 18.0. The maximum atomic E-state index is 12.6. The predicted octanol–water partition coefficient (Wildman–Crippen LogP) is 2.98. The Hall–Kier alpha value is -2.05. The topological polar surface area (TPSA) is 66.1 Å². The van der Waals surface area contributed by atoms with E-state index in [9.17, 15) is 9.59 Å².